The molecule has 2 aromatic rings. The Balaban J connectivity index is 1.67. The molecule has 1 aliphatic heterocycles. The van der Waals surface area contributed by atoms with E-state index in [9.17, 15) is 4.79 Å². The van der Waals surface area contributed by atoms with Crippen LogP contribution in [0.4, 0.5) is 10.8 Å². The fourth-order valence-corrected chi connectivity index (χ4v) is 3.86. The molecule has 1 aromatic carbocycles. The second kappa shape index (κ2) is 7.05. The molecule has 3 rings (SSSR count). The summed E-state index contributed by atoms with van der Waals surface area (Å²) in [5.41, 5.74) is 6.24. The predicted molar refractivity (Wildman–Crippen MR) is 90.3 cm³/mol. The Morgan fingerprint density at radius 2 is 2.17 bits per heavy atom. The number of nitrogen functional groups attached to an aromatic ring is 1. The van der Waals surface area contributed by atoms with Crippen LogP contribution in [0.2, 0.25) is 0 Å². The lowest BCUT2D eigenvalue weighted by molar-refractivity contribution is -0.115. The normalized spacial score (nSPS) is 14.3. The molecule has 0 saturated carbocycles. The average Bonchev–Trinajstić information content (AvgIpc) is 2.97. The van der Waals surface area contributed by atoms with Crippen LogP contribution < -0.4 is 20.5 Å². The first-order valence-electron chi connectivity index (χ1n) is 7.12. The number of fused-ring (bicyclic) bond motifs is 1. The highest BCUT2D eigenvalue weighted by Crippen LogP contribution is 2.34. The molecular weight excluding hydrogens is 336 g/mol. The minimum absolute atomic E-state index is 0.0945. The SMILES string of the molecule is CCC(Sc1nnc(N)s1)C(=O)Nc1ccc2c(c1)OCCO2. The first-order valence-corrected chi connectivity index (χ1v) is 8.81. The molecule has 1 amide bonds. The van der Waals surface area contributed by atoms with Gasteiger partial charge in [0.25, 0.3) is 0 Å². The summed E-state index contributed by atoms with van der Waals surface area (Å²) in [5, 5.41) is 10.7. The number of carbonyl (C=O) groups is 1. The van der Waals surface area contributed by atoms with Crippen molar-refractivity contribution in [3.8, 4) is 11.5 Å². The van der Waals surface area contributed by atoms with Crippen LogP contribution >= 0.6 is 23.1 Å². The number of nitrogens with one attached hydrogen (secondary N) is 1. The van der Waals surface area contributed by atoms with E-state index < -0.39 is 0 Å². The topological polar surface area (TPSA) is 99.4 Å². The van der Waals surface area contributed by atoms with E-state index >= 15 is 0 Å². The minimum Gasteiger partial charge on any atom is -0.486 e. The maximum atomic E-state index is 12.4. The summed E-state index contributed by atoms with van der Waals surface area (Å²) < 4.78 is 11.7. The van der Waals surface area contributed by atoms with Gasteiger partial charge in [-0.3, -0.25) is 4.79 Å². The number of hydrogen-bond acceptors (Lipinski definition) is 8. The molecule has 3 N–H and O–H groups in total. The molecule has 2 heterocycles. The molecule has 7 nitrogen and oxygen atoms in total. The van der Waals surface area contributed by atoms with E-state index in [1.807, 2.05) is 6.92 Å². The standard InChI is InChI=1S/C14H16N4O3S2/c1-2-11(22-14-18-17-13(15)23-14)12(19)16-8-3-4-9-10(7-8)21-6-5-20-9/h3-4,7,11H,2,5-6H2,1H3,(H2,15,17)(H,16,19). The molecular formula is C14H16N4O3S2. The molecule has 23 heavy (non-hydrogen) atoms. The number of rotatable bonds is 5. The highest BCUT2D eigenvalue weighted by molar-refractivity contribution is 8.02. The average molecular weight is 352 g/mol. The summed E-state index contributed by atoms with van der Waals surface area (Å²) in [5.74, 6) is 1.24. The summed E-state index contributed by atoms with van der Waals surface area (Å²) in [6, 6.07) is 5.36. The number of carbonyl (C=O) groups excluding carboxylic acids is 1. The van der Waals surface area contributed by atoms with Crippen LogP contribution in [-0.2, 0) is 4.79 Å². The number of nitrogens with zero attached hydrogens (tertiary/aromatic N) is 2. The monoisotopic (exact) mass is 352 g/mol. The summed E-state index contributed by atoms with van der Waals surface area (Å²) in [4.78, 5) is 12.4. The van der Waals surface area contributed by atoms with Gasteiger partial charge in [0.05, 0.1) is 5.25 Å². The number of ether oxygens (including phenoxy) is 2. The van der Waals surface area contributed by atoms with Crippen molar-refractivity contribution in [3.05, 3.63) is 18.2 Å². The van der Waals surface area contributed by atoms with E-state index in [1.54, 1.807) is 18.2 Å². The van der Waals surface area contributed by atoms with Crippen LogP contribution in [-0.4, -0.2) is 34.6 Å². The predicted octanol–water partition coefficient (Wildman–Crippen LogP) is 2.40. The van der Waals surface area contributed by atoms with Crippen molar-refractivity contribution in [2.75, 3.05) is 24.3 Å². The van der Waals surface area contributed by atoms with Crippen LogP contribution in [0.5, 0.6) is 11.5 Å². The number of nitrogens with two attached hydrogens (primary N) is 1. The Hall–Kier alpha value is -2.00. The number of hydrogen-bond donors (Lipinski definition) is 2. The lowest BCUT2D eigenvalue weighted by Gasteiger charge is -2.19. The Bertz CT molecular complexity index is 707. The lowest BCUT2D eigenvalue weighted by atomic mass is 10.2. The fourth-order valence-electron chi connectivity index (χ4n) is 2.06. The zero-order valence-electron chi connectivity index (χ0n) is 12.4. The number of amides is 1. The third kappa shape index (κ3) is 3.85. The summed E-state index contributed by atoms with van der Waals surface area (Å²) in [6.45, 7) is 3.00. The van der Waals surface area contributed by atoms with E-state index in [2.05, 4.69) is 15.5 Å². The van der Waals surface area contributed by atoms with E-state index in [4.69, 9.17) is 15.2 Å². The van der Waals surface area contributed by atoms with Crippen LogP contribution in [0.25, 0.3) is 0 Å². The molecule has 0 spiro atoms. The van der Waals surface area contributed by atoms with Gasteiger partial charge in [0.1, 0.15) is 13.2 Å². The third-order valence-electron chi connectivity index (χ3n) is 3.14. The van der Waals surface area contributed by atoms with Crippen molar-refractivity contribution in [1.82, 2.24) is 10.2 Å². The first kappa shape index (κ1) is 15.9. The van der Waals surface area contributed by atoms with Crippen LogP contribution in [0.3, 0.4) is 0 Å². The van der Waals surface area contributed by atoms with Gasteiger partial charge in [-0.25, -0.2) is 0 Å². The zero-order valence-corrected chi connectivity index (χ0v) is 14.1. The lowest BCUT2D eigenvalue weighted by Crippen LogP contribution is -2.24. The Morgan fingerprint density at radius 3 is 2.87 bits per heavy atom. The smallest absolute Gasteiger partial charge is 0.237 e. The van der Waals surface area contributed by atoms with Gasteiger partial charge in [0, 0.05) is 11.8 Å². The third-order valence-corrected chi connectivity index (χ3v) is 5.34. The number of thioether (sulfide) groups is 1. The quantitative estimate of drug-likeness (QED) is 0.797. The second-order valence-corrected chi connectivity index (χ2v) is 7.23. The Kier molecular flexibility index (Phi) is 4.87. The van der Waals surface area contributed by atoms with Gasteiger partial charge in [0.2, 0.25) is 11.0 Å². The molecule has 1 atom stereocenters. The highest BCUT2D eigenvalue weighted by Gasteiger charge is 2.21. The number of aromatic nitrogens is 2. The van der Waals surface area contributed by atoms with Crippen LogP contribution in [0, 0.1) is 0 Å². The van der Waals surface area contributed by atoms with Crippen molar-refractivity contribution >= 4 is 39.8 Å². The maximum Gasteiger partial charge on any atom is 0.237 e. The molecule has 0 saturated heterocycles. The first-order chi connectivity index (χ1) is 11.2. The molecule has 0 radical (unpaired) electrons. The molecule has 0 aliphatic carbocycles. The van der Waals surface area contributed by atoms with Crippen LogP contribution in [0.15, 0.2) is 22.5 Å². The van der Waals surface area contributed by atoms with Gasteiger partial charge in [-0.15, -0.1) is 10.2 Å². The van der Waals surface area contributed by atoms with E-state index in [0.717, 1.165) is 0 Å². The fraction of sp³-hybridized carbons (Fsp3) is 0.357. The Morgan fingerprint density at radius 1 is 1.39 bits per heavy atom. The van der Waals surface area contributed by atoms with Gasteiger partial charge in [0.15, 0.2) is 15.8 Å². The zero-order chi connectivity index (χ0) is 16.2. The maximum absolute atomic E-state index is 12.4. The molecule has 9 heteroatoms. The second-order valence-electron chi connectivity index (χ2n) is 4.77. The van der Waals surface area contributed by atoms with Crippen molar-refractivity contribution in [2.45, 2.75) is 22.9 Å². The molecule has 1 aromatic heterocycles. The summed E-state index contributed by atoms with van der Waals surface area (Å²) in [7, 11) is 0. The summed E-state index contributed by atoms with van der Waals surface area (Å²) in [6.07, 6.45) is 0.667. The van der Waals surface area contributed by atoms with Gasteiger partial charge in [-0.2, -0.15) is 0 Å². The van der Waals surface area contributed by atoms with Crippen molar-refractivity contribution < 1.29 is 14.3 Å². The van der Waals surface area contributed by atoms with E-state index in [-0.39, 0.29) is 11.2 Å². The number of benzene rings is 1. The van der Waals surface area contributed by atoms with Gasteiger partial charge in [-0.05, 0) is 18.6 Å². The van der Waals surface area contributed by atoms with Gasteiger partial charge < -0.3 is 20.5 Å². The van der Waals surface area contributed by atoms with Gasteiger partial charge >= 0.3 is 0 Å². The van der Waals surface area contributed by atoms with Gasteiger partial charge in [-0.1, -0.05) is 30.0 Å². The highest BCUT2D eigenvalue weighted by atomic mass is 32.2. The molecule has 1 unspecified atom stereocenters. The van der Waals surface area contributed by atoms with Crippen molar-refractivity contribution in [3.63, 3.8) is 0 Å². The largest absolute Gasteiger partial charge is 0.486 e. The van der Waals surface area contributed by atoms with E-state index in [0.29, 0.717) is 46.3 Å². The van der Waals surface area contributed by atoms with Crippen molar-refractivity contribution in [2.24, 2.45) is 0 Å². The molecule has 122 valence electrons. The Labute approximate surface area is 141 Å². The van der Waals surface area contributed by atoms with Crippen molar-refractivity contribution in [1.29, 1.82) is 0 Å². The molecule has 0 bridgehead atoms. The minimum atomic E-state index is -0.268. The van der Waals surface area contributed by atoms with Crippen LogP contribution in [0.1, 0.15) is 13.3 Å². The molecule has 0 fully saturated rings. The molecule has 1 aliphatic rings. The summed E-state index contributed by atoms with van der Waals surface area (Å²) >= 11 is 2.64. The van der Waals surface area contributed by atoms with E-state index in [1.165, 1.54) is 23.1 Å². The number of anilines is 2.